The Balaban J connectivity index is 2.09. The Kier molecular flexibility index (Phi) is 7.90. The van der Waals surface area contributed by atoms with E-state index in [9.17, 15) is 8.42 Å². The van der Waals surface area contributed by atoms with Gasteiger partial charge in [-0.3, -0.25) is 0 Å². The Morgan fingerprint density at radius 1 is 1.21 bits per heavy atom. The highest BCUT2D eigenvalue weighted by molar-refractivity contribution is 7.91. The van der Waals surface area contributed by atoms with E-state index in [1.165, 1.54) is 6.26 Å². The topological polar surface area (TPSA) is 64.6 Å². The number of hydrogen-bond donors (Lipinski definition) is 1. The van der Waals surface area contributed by atoms with Gasteiger partial charge in [0, 0.05) is 26.0 Å². The Labute approximate surface area is 117 Å². The molecule has 0 radical (unpaired) electrons. The van der Waals surface area contributed by atoms with Gasteiger partial charge in [-0.15, -0.1) is 0 Å². The summed E-state index contributed by atoms with van der Waals surface area (Å²) in [5.74, 6) is 0. The molecule has 114 valence electrons. The summed E-state index contributed by atoms with van der Waals surface area (Å²) in [5.41, 5.74) is 0. The number of rotatable bonds is 9. The van der Waals surface area contributed by atoms with Gasteiger partial charge in [0.05, 0.1) is 18.5 Å². The molecule has 0 heterocycles. The SMILES string of the molecule is COCCOCCCNC1CCCC(S(C)(=O)=O)C1. The molecule has 1 aliphatic carbocycles. The average Bonchev–Trinajstić information content (AvgIpc) is 2.37. The summed E-state index contributed by atoms with van der Waals surface area (Å²) in [6, 6.07) is 0.340. The summed E-state index contributed by atoms with van der Waals surface area (Å²) < 4.78 is 33.4. The minimum atomic E-state index is -2.88. The fraction of sp³-hybridized carbons (Fsp3) is 1.00. The van der Waals surface area contributed by atoms with E-state index in [2.05, 4.69) is 5.32 Å². The monoisotopic (exact) mass is 293 g/mol. The Morgan fingerprint density at radius 2 is 2.00 bits per heavy atom. The van der Waals surface area contributed by atoms with E-state index in [1.54, 1.807) is 7.11 Å². The largest absolute Gasteiger partial charge is 0.382 e. The van der Waals surface area contributed by atoms with E-state index in [-0.39, 0.29) is 5.25 Å². The third-order valence-corrected chi connectivity index (χ3v) is 5.20. The number of sulfone groups is 1. The molecule has 1 aliphatic rings. The van der Waals surface area contributed by atoms with Crippen molar-refractivity contribution in [2.45, 2.75) is 43.4 Å². The molecule has 1 rings (SSSR count). The molecule has 0 spiro atoms. The summed E-state index contributed by atoms with van der Waals surface area (Å²) in [7, 11) is -1.22. The van der Waals surface area contributed by atoms with Crippen LogP contribution in [-0.4, -0.2) is 59.4 Å². The molecule has 0 amide bonds. The first-order valence-electron chi connectivity index (χ1n) is 7.03. The van der Waals surface area contributed by atoms with Crippen molar-refractivity contribution in [1.82, 2.24) is 5.32 Å². The van der Waals surface area contributed by atoms with Gasteiger partial charge in [-0.25, -0.2) is 8.42 Å². The Hall–Kier alpha value is -0.170. The van der Waals surface area contributed by atoms with Crippen molar-refractivity contribution < 1.29 is 17.9 Å². The van der Waals surface area contributed by atoms with Crippen LogP contribution in [0.25, 0.3) is 0 Å². The van der Waals surface area contributed by atoms with Gasteiger partial charge in [-0.1, -0.05) is 6.42 Å². The van der Waals surface area contributed by atoms with Crippen LogP contribution in [-0.2, 0) is 19.3 Å². The van der Waals surface area contributed by atoms with Crippen LogP contribution in [0.15, 0.2) is 0 Å². The first kappa shape index (κ1) is 16.9. The lowest BCUT2D eigenvalue weighted by atomic mass is 9.95. The molecule has 1 saturated carbocycles. The molecule has 1 fully saturated rings. The highest BCUT2D eigenvalue weighted by atomic mass is 32.2. The maximum absolute atomic E-state index is 11.5. The molecule has 0 aromatic carbocycles. The number of ether oxygens (including phenoxy) is 2. The van der Waals surface area contributed by atoms with Crippen molar-refractivity contribution in [3.8, 4) is 0 Å². The zero-order valence-corrected chi connectivity index (χ0v) is 12.9. The van der Waals surface area contributed by atoms with Gasteiger partial charge in [0.25, 0.3) is 0 Å². The second-order valence-electron chi connectivity index (χ2n) is 5.23. The van der Waals surface area contributed by atoms with Gasteiger partial charge < -0.3 is 14.8 Å². The van der Waals surface area contributed by atoms with Crippen molar-refractivity contribution in [2.24, 2.45) is 0 Å². The van der Waals surface area contributed by atoms with Crippen molar-refractivity contribution in [1.29, 1.82) is 0 Å². The van der Waals surface area contributed by atoms with Gasteiger partial charge in [-0.05, 0) is 32.2 Å². The molecule has 5 nitrogen and oxygen atoms in total. The van der Waals surface area contributed by atoms with E-state index in [0.29, 0.717) is 19.3 Å². The lowest BCUT2D eigenvalue weighted by molar-refractivity contribution is 0.0691. The summed E-state index contributed by atoms with van der Waals surface area (Å²) in [5, 5.41) is 3.28. The van der Waals surface area contributed by atoms with Crippen LogP contribution < -0.4 is 5.32 Å². The second kappa shape index (κ2) is 8.89. The number of hydrogen-bond acceptors (Lipinski definition) is 5. The average molecular weight is 293 g/mol. The lowest BCUT2D eigenvalue weighted by Crippen LogP contribution is -2.39. The minimum Gasteiger partial charge on any atom is -0.382 e. The first-order valence-corrected chi connectivity index (χ1v) is 8.98. The second-order valence-corrected chi connectivity index (χ2v) is 7.55. The lowest BCUT2D eigenvalue weighted by Gasteiger charge is -2.28. The summed E-state index contributed by atoms with van der Waals surface area (Å²) in [4.78, 5) is 0. The third-order valence-electron chi connectivity index (χ3n) is 3.56. The van der Waals surface area contributed by atoms with Gasteiger partial charge in [-0.2, -0.15) is 0 Å². The van der Waals surface area contributed by atoms with Crippen LogP contribution in [0, 0.1) is 0 Å². The van der Waals surface area contributed by atoms with Crippen LogP contribution in [0.3, 0.4) is 0 Å². The molecule has 6 heteroatoms. The highest BCUT2D eigenvalue weighted by Crippen LogP contribution is 2.23. The highest BCUT2D eigenvalue weighted by Gasteiger charge is 2.28. The molecule has 0 aromatic rings. The van der Waals surface area contributed by atoms with E-state index in [1.807, 2.05) is 0 Å². The maximum Gasteiger partial charge on any atom is 0.150 e. The van der Waals surface area contributed by atoms with Crippen LogP contribution >= 0.6 is 0 Å². The quantitative estimate of drug-likeness (QED) is 0.642. The maximum atomic E-state index is 11.5. The molecular formula is C13H27NO4S. The predicted molar refractivity (Wildman–Crippen MR) is 76.2 cm³/mol. The first-order chi connectivity index (χ1) is 9.04. The van der Waals surface area contributed by atoms with Crippen LogP contribution in [0.5, 0.6) is 0 Å². The molecule has 2 atom stereocenters. The summed E-state index contributed by atoms with van der Waals surface area (Å²) in [6.07, 6.45) is 5.95. The van der Waals surface area contributed by atoms with Gasteiger partial charge in [0.1, 0.15) is 9.84 Å². The van der Waals surface area contributed by atoms with Gasteiger partial charge >= 0.3 is 0 Å². The molecule has 0 aliphatic heterocycles. The zero-order valence-electron chi connectivity index (χ0n) is 12.1. The van der Waals surface area contributed by atoms with E-state index < -0.39 is 9.84 Å². The molecule has 2 unspecified atom stereocenters. The van der Waals surface area contributed by atoms with Crippen molar-refractivity contribution in [2.75, 3.05) is 39.7 Å². The van der Waals surface area contributed by atoms with Gasteiger partial charge in [0.2, 0.25) is 0 Å². The molecular weight excluding hydrogens is 266 g/mol. The smallest absolute Gasteiger partial charge is 0.150 e. The van der Waals surface area contributed by atoms with E-state index in [4.69, 9.17) is 9.47 Å². The zero-order chi connectivity index (χ0) is 14.1. The van der Waals surface area contributed by atoms with Gasteiger partial charge in [0.15, 0.2) is 0 Å². The molecule has 0 aromatic heterocycles. The van der Waals surface area contributed by atoms with E-state index in [0.717, 1.165) is 45.3 Å². The summed E-state index contributed by atoms with van der Waals surface area (Å²) >= 11 is 0. The third kappa shape index (κ3) is 7.25. The van der Waals surface area contributed by atoms with E-state index >= 15 is 0 Å². The Morgan fingerprint density at radius 3 is 2.68 bits per heavy atom. The molecule has 19 heavy (non-hydrogen) atoms. The molecule has 1 N–H and O–H groups in total. The summed E-state index contributed by atoms with van der Waals surface area (Å²) in [6.45, 7) is 2.87. The number of methoxy groups -OCH3 is 1. The molecule has 0 bridgehead atoms. The minimum absolute atomic E-state index is 0.156. The standard InChI is InChI=1S/C13H27NO4S/c1-17-9-10-18-8-4-7-14-12-5-3-6-13(11-12)19(2,15)16/h12-14H,3-11H2,1-2H3. The van der Waals surface area contributed by atoms with Crippen LogP contribution in [0.1, 0.15) is 32.1 Å². The van der Waals surface area contributed by atoms with Crippen molar-refractivity contribution >= 4 is 9.84 Å². The van der Waals surface area contributed by atoms with Crippen LogP contribution in [0.4, 0.5) is 0 Å². The van der Waals surface area contributed by atoms with Crippen LogP contribution in [0.2, 0.25) is 0 Å². The normalized spacial score (nSPS) is 24.5. The molecule has 0 saturated heterocycles. The van der Waals surface area contributed by atoms with Crippen molar-refractivity contribution in [3.63, 3.8) is 0 Å². The Bertz CT molecular complexity index is 332. The predicted octanol–water partition coefficient (Wildman–Crippen LogP) is 0.985. The fourth-order valence-electron chi connectivity index (χ4n) is 2.44. The number of nitrogens with one attached hydrogen (secondary N) is 1. The van der Waals surface area contributed by atoms with Crippen molar-refractivity contribution in [3.05, 3.63) is 0 Å². The fourth-order valence-corrected chi connectivity index (χ4v) is 3.62.